The van der Waals surface area contributed by atoms with Crippen LogP contribution in [0, 0.1) is 11.3 Å². The molecule has 0 amide bonds. The van der Waals surface area contributed by atoms with Crippen molar-refractivity contribution in [2.75, 3.05) is 6.79 Å². The number of carbonyl (C=O) groups is 1. The molecule has 2 heterocycles. The molecule has 0 unspecified atom stereocenters. The van der Waals surface area contributed by atoms with Crippen LogP contribution in [0.3, 0.4) is 0 Å². The topological polar surface area (TPSA) is 81.4 Å². The number of allylic oxidation sites excluding steroid dienone is 1. The summed E-state index contributed by atoms with van der Waals surface area (Å²) in [6.07, 6.45) is 1.67. The summed E-state index contributed by atoms with van der Waals surface area (Å²) in [6.45, 7) is 1.55. The molecule has 0 spiro atoms. The summed E-state index contributed by atoms with van der Waals surface area (Å²) in [7, 11) is 0. The Hall–Kier alpha value is -3.63. The smallest absolute Gasteiger partial charge is 0.308 e. The Bertz CT molecular complexity index is 1130. The highest BCUT2D eigenvalue weighted by Crippen LogP contribution is 2.37. The van der Waals surface area contributed by atoms with Crippen LogP contribution in [0.4, 0.5) is 0 Å². The molecule has 0 bridgehead atoms. The van der Waals surface area contributed by atoms with Gasteiger partial charge >= 0.3 is 5.97 Å². The van der Waals surface area contributed by atoms with Gasteiger partial charge in [0.1, 0.15) is 16.8 Å². The van der Waals surface area contributed by atoms with Gasteiger partial charge in [-0.1, -0.05) is 18.2 Å². The van der Waals surface area contributed by atoms with Gasteiger partial charge < -0.3 is 14.2 Å². The predicted molar refractivity (Wildman–Crippen MR) is 105 cm³/mol. The molecule has 0 saturated carbocycles. The molecular formula is C21H14N2O4S. The number of esters is 1. The maximum absolute atomic E-state index is 11.3. The van der Waals surface area contributed by atoms with Crippen LogP contribution in [-0.4, -0.2) is 17.7 Å². The molecule has 6 nitrogen and oxygen atoms in total. The third kappa shape index (κ3) is 3.59. The van der Waals surface area contributed by atoms with E-state index in [2.05, 4.69) is 11.1 Å². The predicted octanol–water partition coefficient (Wildman–Crippen LogP) is 4.53. The second kappa shape index (κ2) is 7.55. The summed E-state index contributed by atoms with van der Waals surface area (Å²) in [5.41, 5.74) is 2.64. The number of thiazole rings is 1. The van der Waals surface area contributed by atoms with E-state index in [0.717, 1.165) is 11.3 Å². The lowest BCUT2D eigenvalue weighted by atomic mass is 10.1. The lowest BCUT2D eigenvalue weighted by Gasteiger charge is -2.05. The number of aromatic nitrogens is 1. The standard InChI is InChI=1S/C21H14N2O4S/c1-13(24)27-18-5-3-2-4-15(18)8-16(10-22)21-23-17(11-28-21)14-6-7-19-20(9-14)26-12-25-19/h2-9,11H,12H2,1H3/b16-8+. The summed E-state index contributed by atoms with van der Waals surface area (Å²) in [5, 5.41) is 12.1. The number of benzene rings is 2. The lowest BCUT2D eigenvalue weighted by molar-refractivity contribution is -0.131. The van der Waals surface area contributed by atoms with Crippen LogP contribution in [0.25, 0.3) is 22.9 Å². The molecule has 0 radical (unpaired) electrons. The van der Waals surface area contributed by atoms with Gasteiger partial charge in [0.15, 0.2) is 11.5 Å². The van der Waals surface area contributed by atoms with Crippen molar-refractivity contribution < 1.29 is 19.0 Å². The second-order valence-corrected chi connectivity index (χ2v) is 6.77. The molecule has 2 aromatic carbocycles. The van der Waals surface area contributed by atoms with Gasteiger partial charge in [0.05, 0.1) is 11.3 Å². The first kappa shape index (κ1) is 17.8. The first-order chi connectivity index (χ1) is 13.6. The number of fused-ring (bicyclic) bond motifs is 1. The molecule has 138 valence electrons. The van der Waals surface area contributed by atoms with E-state index in [1.165, 1.54) is 18.3 Å². The molecule has 1 aromatic heterocycles. The van der Waals surface area contributed by atoms with E-state index in [1.54, 1.807) is 24.3 Å². The maximum atomic E-state index is 11.3. The molecular weight excluding hydrogens is 376 g/mol. The zero-order valence-electron chi connectivity index (χ0n) is 14.8. The van der Waals surface area contributed by atoms with E-state index in [4.69, 9.17) is 14.2 Å². The molecule has 0 aliphatic carbocycles. The molecule has 3 aromatic rings. The van der Waals surface area contributed by atoms with E-state index in [9.17, 15) is 10.1 Å². The zero-order chi connectivity index (χ0) is 19.5. The summed E-state index contributed by atoms with van der Waals surface area (Å²) in [6, 6.07) is 14.8. The first-order valence-corrected chi connectivity index (χ1v) is 9.27. The van der Waals surface area contributed by atoms with Crippen molar-refractivity contribution in [2.45, 2.75) is 6.92 Å². The highest BCUT2D eigenvalue weighted by Gasteiger charge is 2.16. The minimum atomic E-state index is -0.418. The van der Waals surface area contributed by atoms with Crippen molar-refractivity contribution in [1.29, 1.82) is 5.26 Å². The Morgan fingerprint density at radius 1 is 1.25 bits per heavy atom. The van der Waals surface area contributed by atoms with Gasteiger partial charge in [-0.05, 0) is 30.3 Å². The van der Waals surface area contributed by atoms with Crippen LogP contribution in [0.5, 0.6) is 17.2 Å². The van der Waals surface area contributed by atoms with Gasteiger partial charge in [-0.25, -0.2) is 4.98 Å². The van der Waals surface area contributed by atoms with Crippen LogP contribution in [0.15, 0.2) is 47.8 Å². The summed E-state index contributed by atoms with van der Waals surface area (Å²) >= 11 is 1.37. The average molecular weight is 390 g/mol. The number of para-hydroxylation sites is 1. The molecule has 1 aliphatic heterocycles. The van der Waals surface area contributed by atoms with Crippen molar-refractivity contribution in [3.8, 4) is 34.6 Å². The van der Waals surface area contributed by atoms with Gasteiger partial charge in [0, 0.05) is 23.4 Å². The highest BCUT2D eigenvalue weighted by molar-refractivity contribution is 7.11. The fourth-order valence-corrected chi connectivity index (χ4v) is 3.53. The average Bonchev–Trinajstić information content (AvgIpc) is 3.35. The third-order valence-electron chi connectivity index (χ3n) is 4.00. The number of nitriles is 1. The number of ether oxygens (including phenoxy) is 3. The summed E-state index contributed by atoms with van der Waals surface area (Å²) in [4.78, 5) is 15.9. The number of hydrogen-bond acceptors (Lipinski definition) is 7. The van der Waals surface area contributed by atoms with Crippen LogP contribution < -0.4 is 14.2 Å². The molecule has 1 aliphatic rings. The summed E-state index contributed by atoms with van der Waals surface area (Å²) in [5.74, 6) is 1.37. The molecule has 4 rings (SSSR count). The third-order valence-corrected chi connectivity index (χ3v) is 4.87. The maximum Gasteiger partial charge on any atom is 0.308 e. The Morgan fingerprint density at radius 3 is 2.89 bits per heavy atom. The zero-order valence-corrected chi connectivity index (χ0v) is 15.7. The van der Waals surface area contributed by atoms with Crippen molar-refractivity contribution in [3.05, 3.63) is 58.4 Å². The van der Waals surface area contributed by atoms with Crippen LogP contribution >= 0.6 is 11.3 Å². The van der Waals surface area contributed by atoms with Crippen molar-refractivity contribution in [2.24, 2.45) is 0 Å². The van der Waals surface area contributed by atoms with E-state index in [0.29, 0.717) is 33.4 Å². The fraction of sp³-hybridized carbons (Fsp3) is 0.0952. The largest absolute Gasteiger partial charge is 0.454 e. The molecule has 0 fully saturated rings. The first-order valence-electron chi connectivity index (χ1n) is 8.39. The number of hydrogen-bond donors (Lipinski definition) is 0. The Balaban J connectivity index is 1.66. The Kier molecular flexibility index (Phi) is 4.79. The molecule has 7 heteroatoms. The van der Waals surface area contributed by atoms with Crippen LogP contribution in [0.1, 0.15) is 17.5 Å². The quantitative estimate of drug-likeness (QED) is 0.370. The van der Waals surface area contributed by atoms with Crippen molar-refractivity contribution >= 4 is 29.0 Å². The number of nitrogens with zero attached hydrogens (tertiary/aromatic N) is 2. The van der Waals surface area contributed by atoms with Gasteiger partial charge in [0.25, 0.3) is 0 Å². The minimum absolute atomic E-state index is 0.212. The molecule has 28 heavy (non-hydrogen) atoms. The van der Waals surface area contributed by atoms with Gasteiger partial charge in [-0.2, -0.15) is 5.26 Å². The SMILES string of the molecule is CC(=O)Oc1ccccc1/C=C(\C#N)c1nc(-c2ccc3c(c2)OCO3)cs1. The lowest BCUT2D eigenvalue weighted by Crippen LogP contribution is -2.02. The molecule has 0 saturated heterocycles. The van der Waals surface area contributed by atoms with E-state index >= 15 is 0 Å². The van der Waals surface area contributed by atoms with Crippen LogP contribution in [-0.2, 0) is 4.79 Å². The molecule has 0 N–H and O–H groups in total. The van der Waals surface area contributed by atoms with Gasteiger partial charge in [-0.3, -0.25) is 4.79 Å². The normalized spacial score (nSPS) is 12.5. The van der Waals surface area contributed by atoms with Gasteiger partial charge in [-0.15, -0.1) is 11.3 Å². The fourth-order valence-electron chi connectivity index (χ4n) is 2.73. The van der Waals surface area contributed by atoms with Crippen molar-refractivity contribution in [3.63, 3.8) is 0 Å². The van der Waals surface area contributed by atoms with E-state index in [-0.39, 0.29) is 6.79 Å². The van der Waals surface area contributed by atoms with Gasteiger partial charge in [0.2, 0.25) is 6.79 Å². The highest BCUT2D eigenvalue weighted by atomic mass is 32.1. The Labute approximate surface area is 165 Å². The Morgan fingerprint density at radius 2 is 2.07 bits per heavy atom. The second-order valence-electron chi connectivity index (χ2n) is 5.91. The minimum Gasteiger partial charge on any atom is -0.454 e. The molecule has 0 atom stereocenters. The monoisotopic (exact) mass is 390 g/mol. The van der Waals surface area contributed by atoms with E-state index < -0.39 is 5.97 Å². The summed E-state index contributed by atoms with van der Waals surface area (Å²) < 4.78 is 15.9. The number of carbonyl (C=O) groups excluding carboxylic acids is 1. The van der Waals surface area contributed by atoms with Crippen LogP contribution in [0.2, 0.25) is 0 Å². The van der Waals surface area contributed by atoms with Crippen molar-refractivity contribution in [1.82, 2.24) is 4.98 Å². The number of rotatable bonds is 4. The van der Waals surface area contributed by atoms with E-state index in [1.807, 2.05) is 29.6 Å².